The second-order valence-corrected chi connectivity index (χ2v) is 19.3. The van der Waals surface area contributed by atoms with Crippen molar-refractivity contribution >= 4 is 33.1 Å². The van der Waals surface area contributed by atoms with Crippen molar-refractivity contribution in [1.82, 2.24) is 19.5 Å². The molecular weight excluding hydrogens is 888 g/mol. The third-order valence-electron chi connectivity index (χ3n) is 10.9. The number of furan rings is 2. The zero-order valence-corrected chi connectivity index (χ0v) is 37.3. The van der Waals surface area contributed by atoms with Crippen LogP contribution in [0, 0.1) is 0 Å². The second-order valence-electron chi connectivity index (χ2n) is 19.3. The third kappa shape index (κ3) is 7.13. The summed E-state index contributed by atoms with van der Waals surface area (Å²) in [5.74, 6) is 0.912. The largest absolute Gasteiger partial charge is 0.507 e. The van der Waals surface area contributed by atoms with Crippen LogP contribution in [-0.2, 0) is 42.7 Å². The molecule has 5 aromatic heterocycles. The molecule has 5 heterocycles. The molecule has 0 aliphatic heterocycles. The first kappa shape index (κ1) is 40.2. The number of imidazole rings is 1. The molecule has 0 amide bonds. The molecule has 0 radical (unpaired) electrons. The molecule has 57 heavy (non-hydrogen) atoms. The van der Waals surface area contributed by atoms with E-state index in [9.17, 15) is 5.11 Å². The van der Waals surface area contributed by atoms with Gasteiger partial charge in [0.25, 0.3) is 0 Å². The second kappa shape index (κ2) is 13.8. The molecule has 0 saturated heterocycles. The van der Waals surface area contributed by atoms with Gasteiger partial charge in [0, 0.05) is 43.9 Å². The molecule has 8 rings (SSSR count). The average molecular weight is 940 g/mol. The Morgan fingerprint density at radius 3 is 1.82 bits per heavy atom. The first-order chi connectivity index (χ1) is 26.2. The zero-order chi connectivity index (χ0) is 40.1. The third-order valence-corrected chi connectivity index (χ3v) is 10.9. The van der Waals surface area contributed by atoms with Gasteiger partial charge in [-0.2, -0.15) is 0 Å². The van der Waals surface area contributed by atoms with Crippen LogP contribution in [0.3, 0.4) is 0 Å². The predicted octanol–water partition coefficient (Wildman–Crippen LogP) is 13.2. The van der Waals surface area contributed by atoms with Gasteiger partial charge in [0.15, 0.2) is 11.2 Å². The van der Waals surface area contributed by atoms with E-state index < -0.39 is 0 Å². The SMILES string of the molecule is CC(C)(C)c1ccc(-n2c(-c3cc(C(C)(C)C)cc(C(C)(C)C)c3O)nc3c(-c4cc(C(C)(C)C)cc(-c5nc6ccoc6c6ccoc56)n4)cccc32)cc1.[Pt]. The molecule has 0 aliphatic carbocycles. The number of phenolic OH excluding ortho intramolecular Hbond substituents is 1. The Kier molecular flexibility index (Phi) is 9.76. The Hall–Kier alpha value is -5.00. The Balaban J connectivity index is 0.00000496. The molecule has 0 saturated carbocycles. The number of hydrogen-bond acceptors (Lipinski definition) is 6. The fourth-order valence-electron chi connectivity index (χ4n) is 7.50. The van der Waals surface area contributed by atoms with Crippen molar-refractivity contribution in [2.45, 2.75) is 105 Å². The summed E-state index contributed by atoms with van der Waals surface area (Å²) in [6, 6.07) is 27.3. The van der Waals surface area contributed by atoms with Crippen LogP contribution in [-0.4, -0.2) is 24.6 Å². The number of para-hydroxylation sites is 1. The van der Waals surface area contributed by atoms with Crippen molar-refractivity contribution in [1.29, 1.82) is 0 Å². The molecule has 7 nitrogen and oxygen atoms in total. The van der Waals surface area contributed by atoms with E-state index in [0.717, 1.165) is 55.6 Å². The van der Waals surface area contributed by atoms with Crippen LogP contribution < -0.4 is 0 Å². The average Bonchev–Trinajstić information content (AvgIpc) is 3.88. The summed E-state index contributed by atoms with van der Waals surface area (Å²) in [5, 5.41) is 13.1. The van der Waals surface area contributed by atoms with Gasteiger partial charge >= 0.3 is 0 Å². The van der Waals surface area contributed by atoms with Gasteiger partial charge in [0.2, 0.25) is 0 Å². The van der Waals surface area contributed by atoms with Crippen LogP contribution in [0.5, 0.6) is 5.75 Å². The topological polar surface area (TPSA) is 90.1 Å². The van der Waals surface area contributed by atoms with Gasteiger partial charge in [-0.05, 0) is 80.8 Å². The van der Waals surface area contributed by atoms with Crippen molar-refractivity contribution in [2.24, 2.45) is 0 Å². The monoisotopic (exact) mass is 939 g/mol. The number of nitrogens with zero attached hydrogens (tertiary/aromatic N) is 4. The number of rotatable bonds is 4. The van der Waals surface area contributed by atoms with Gasteiger partial charge < -0.3 is 13.9 Å². The minimum Gasteiger partial charge on any atom is -0.507 e. The number of phenols is 1. The van der Waals surface area contributed by atoms with Gasteiger partial charge in [-0.15, -0.1) is 0 Å². The van der Waals surface area contributed by atoms with E-state index in [-0.39, 0.29) is 48.5 Å². The Bertz CT molecular complexity index is 2790. The summed E-state index contributed by atoms with van der Waals surface area (Å²) in [6.07, 6.45) is 3.33. The zero-order valence-electron chi connectivity index (χ0n) is 35.0. The normalized spacial score (nSPS) is 12.8. The van der Waals surface area contributed by atoms with Crippen LogP contribution in [0.1, 0.15) is 105 Å². The molecular formula is C49H52N4O3Pt. The summed E-state index contributed by atoms with van der Waals surface area (Å²) in [6.45, 7) is 26.4. The van der Waals surface area contributed by atoms with E-state index in [2.05, 4.69) is 154 Å². The summed E-state index contributed by atoms with van der Waals surface area (Å²) < 4.78 is 14.0. The first-order valence-electron chi connectivity index (χ1n) is 19.5. The van der Waals surface area contributed by atoms with Gasteiger partial charge in [-0.25, -0.2) is 15.0 Å². The molecule has 0 aliphatic rings. The number of fused-ring (bicyclic) bond motifs is 4. The van der Waals surface area contributed by atoms with Crippen molar-refractivity contribution in [3.8, 4) is 45.5 Å². The molecule has 0 spiro atoms. The molecule has 8 aromatic rings. The van der Waals surface area contributed by atoms with E-state index in [0.29, 0.717) is 33.9 Å². The predicted molar refractivity (Wildman–Crippen MR) is 229 cm³/mol. The Morgan fingerprint density at radius 1 is 0.561 bits per heavy atom. The van der Waals surface area contributed by atoms with Crippen LogP contribution in [0.2, 0.25) is 0 Å². The first-order valence-corrected chi connectivity index (χ1v) is 19.5. The standard InChI is InChI=1S/C49H52N4O3.Pt/c1-46(2,3)28-16-18-31(19-17-28)53-39-15-13-14-32(40(39)52-45(53)34-24-29(47(4,5)6)25-35(42(34)54)49(10,11)12)37-26-30(48(7,8)9)27-38(50-37)41-44-33(20-22-56-44)43-36(51-41)21-23-55-43;/h13-27,54H,1-12H3;. The maximum absolute atomic E-state index is 12.2. The fraction of sp³-hybridized carbons (Fsp3) is 0.327. The van der Waals surface area contributed by atoms with E-state index in [4.69, 9.17) is 23.8 Å². The fourth-order valence-corrected chi connectivity index (χ4v) is 7.50. The maximum Gasteiger partial charge on any atom is 0.165 e. The summed E-state index contributed by atoms with van der Waals surface area (Å²) in [7, 11) is 0. The number of hydrogen-bond donors (Lipinski definition) is 1. The Morgan fingerprint density at radius 2 is 1.18 bits per heavy atom. The molecule has 296 valence electrons. The van der Waals surface area contributed by atoms with Crippen molar-refractivity contribution in [2.75, 3.05) is 0 Å². The van der Waals surface area contributed by atoms with Crippen molar-refractivity contribution in [3.63, 3.8) is 0 Å². The number of pyridine rings is 2. The molecule has 0 unspecified atom stereocenters. The van der Waals surface area contributed by atoms with E-state index >= 15 is 0 Å². The minimum atomic E-state index is -0.308. The number of aromatic nitrogens is 4. The van der Waals surface area contributed by atoms with Crippen LogP contribution >= 0.6 is 0 Å². The number of benzene rings is 3. The van der Waals surface area contributed by atoms with Gasteiger partial charge in [-0.1, -0.05) is 113 Å². The van der Waals surface area contributed by atoms with Crippen LogP contribution in [0.4, 0.5) is 0 Å². The van der Waals surface area contributed by atoms with Gasteiger partial charge in [-0.3, -0.25) is 4.57 Å². The summed E-state index contributed by atoms with van der Waals surface area (Å²) >= 11 is 0. The van der Waals surface area contributed by atoms with E-state index in [1.165, 1.54) is 5.56 Å². The molecule has 8 heteroatoms. The van der Waals surface area contributed by atoms with Crippen LogP contribution in [0.25, 0.3) is 72.8 Å². The molecule has 0 fully saturated rings. The minimum absolute atomic E-state index is 0. The Labute approximate surface area is 349 Å². The van der Waals surface area contributed by atoms with Crippen molar-refractivity contribution in [3.05, 3.63) is 114 Å². The van der Waals surface area contributed by atoms with Gasteiger partial charge in [0.05, 0.1) is 45.9 Å². The van der Waals surface area contributed by atoms with Crippen molar-refractivity contribution < 1.29 is 35.0 Å². The van der Waals surface area contributed by atoms with Gasteiger partial charge in [0.1, 0.15) is 22.8 Å². The maximum atomic E-state index is 12.2. The smallest absolute Gasteiger partial charge is 0.165 e. The quantitative estimate of drug-likeness (QED) is 0.189. The molecule has 0 atom stereocenters. The summed E-state index contributed by atoms with van der Waals surface area (Å²) in [5.41, 5.74) is 12.1. The molecule has 1 N–H and O–H groups in total. The van der Waals surface area contributed by atoms with Crippen LogP contribution in [0.15, 0.2) is 100 Å². The van der Waals surface area contributed by atoms with E-state index in [1.54, 1.807) is 12.5 Å². The number of aromatic hydroxyl groups is 1. The molecule has 3 aromatic carbocycles. The van der Waals surface area contributed by atoms with E-state index in [1.807, 2.05) is 12.1 Å². The summed E-state index contributed by atoms with van der Waals surface area (Å²) in [4.78, 5) is 15.9. The molecule has 0 bridgehead atoms.